The number of carbonyl (C=O) groups is 3. The number of amides is 3. The Morgan fingerprint density at radius 3 is 2.54 bits per heavy atom. The van der Waals surface area contributed by atoms with Crippen molar-refractivity contribution in [3.8, 4) is 17.1 Å². The second kappa shape index (κ2) is 14.6. The van der Waals surface area contributed by atoms with E-state index in [9.17, 15) is 31.9 Å². The molecule has 2 N–H and O–H groups in total. The van der Waals surface area contributed by atoms with Crippen molar-refractivity contribution in [3.05, 3.63) is 41.3 Å². The van der Waals surface area contributed by atoms with Gasteiger partial charge in [0.25, 0.3) is 11.9 Å². The van der Waals surface area contributed by atoms with Crippen LogP contribution in [0.4, 0.5) is 28.4 Å². The van der Waals surface area contributed by atoms with Gasteiger partial charge >= 0.3 is 12.3 Å². The molecule has 6 rings (SSSR count). The fourth-order valence-corrected chi connectivity index (χ4v) is 7.14. The van der Waals surface area contributed by atoms with E-state index in [-0.39, 0.29) is 67.4 Å². The number of nitrogens with one attached hydrogen (secondary N) is 2. The highest BCUT2D eigenvalue weighted by Gasteiger charge is 2.55. The Balaban J connectivity index is 1.08. The molecule has 0 radical (unpaired) electrons. The van der Waals surface area contributed by atoms with Crippen molar-refractivity contribution in [3.63, 3.8) is 0 Å². The predicted octanol–water partition coefficient (Wildman–Crippen LogP) is 5.16. The molecule has 1 spiro atoms. The highest BCUT2D eigenvalue weighted by Crippen LogP contribution is 2.50. The zero-order valence-corrected chi connectivity index (χ0v) is 29.4. The SMILES string of the molecule is CCCCOC(=O)N1[C@H](C)CN(c2nc(CNC(=O)[C@H]3CCN(C(=O)c4cc(-c5cc(OC)ncc5F)n[nH]4)C4(CC4)C3)c(C(F)(F)F)o2)C[C@@H]1C. The molecule has 282 valence electrons. The first-order chi connectivity index (χ1) is 24.7. The molecule has 3 amide bonds. The number of nitrogens with zero attached hydrogens (tertiary/aromatic N) is 6. The average molecular weight is 735 g/mol. The number of anilines is 1. The molecule has 0 bridgehead atoms. The van der Waals surface area contributed by atoms with Gasteiger partial charge in [0.05, 0.1) is 44.2 Å². The number of hydrogen-bond donors (Lipinski definition) is 2. The average Bonchev–Trinajstić information content (AvgIpc) is 3.48. The molecule has 1 aliphatic carbocycles. The summed E-state index contributed by atoms with van der Waals surface area (Å²) in [6.45, 7) is 5.89. The van der Waals surface area contributed by atoms with Crippen molar-refractivity contribution in [1.82, 2.24) is 35.3 Å². The van der Waals surface area contributed by atoms with Gasteiger partial charge in [0.1, 0.15) is 11.4 Å². The van der Waals surface area contributed by atoms with E-state index >= 15 is 0 Å². The zero-order chi connectivity index (χ0) is 37.4. The normalized spacial score (nSPS) is 21.3. The molecule has 18 heteroatoms. The van der Waals surface area contributed by atoms with Crippen LogP contribution in [0.3, 0.4) is 0 Å². The summed E-state index contributed by atoms with van der Waals surface area (Å²) in [7, 11) is 1.40. The Morgan fingerprint density at radius 2 is 1.88 bits per heavy atom. The molecule has 3 aromatic rings. The smallest absolute Gasteiger partial charge is 0.451 e. The molecule has 3 aliphatic rings. The Labute approximate surface area is 297 Å². The van der Waals surface area contributed by atoms with Crippen LogP contribution < -0.4 is 15.0 Å². The molecular formula is C34H42F4N8O6. The summed E-state index contributed by atoms with van der Waals surface area (Å²) in [6.07, 6.45) is -0.805. The summed E-state index contributed by atoms with van der Waals surface area (Å²) in [5.74, 6) is -3.09. The van der Waals surface area contributed by atoms with Gasteiger partial charge in [-0.2, -0.15) is 23.3 Å². The standard InChI is InChI=1S/C34H42F4N8O6/c1-5-6-11-51-32(49)46-19(2)17-44(18-20(46)3)31-41-26(28(52-31)34(36,37)38)16-40-29(47)21-7-10-45(33(14-21)8-9-33)30(48)25-13-24(42-43-25)22-12-27(50-4)39-15-23(22)35/h12-13,15,19-21H,5-11,14,16-18H2,1-4H3,(H,40,47)(H,42,43)/t19-,20+,21-/m0/s1. The maximum Gasteiger partial charge on any atom is 0.451 e. The highest BCUT2D eigenvalue weighted by molar-refractivity contribution is 5.94. The number of pyridine rings is 1. The van der Waals surface area contributed by atoms with Crippen LogP contribution in [-0.4, -0.2) is 98.8 Å². The van der Waals surface area contributed by atoms with Gasteiger partial charge in [-0.3, -0.25) is 19.6 Å². The number of rotatable bonds is 10. The van der Waals surface area contributed by atoms with Gasteiger partial charge in [-0.15, -0.1) is 0 Å². The second-order valence-electron chi connectivity index (χ2n) is 13.7. The number of ether oxygens (including phenoxy) is 2. The van der Waals surface area contributed by atoms with Crippen LogP contribution in [0.1, 0.15) is 81.2 Å². The molecule has 1 saturated carbocycles. The number of oxazole rings is 1. The van der Waals surface area contributed by atoms with Crippen LogP contribution in [0, 0.1) is 11.7 Å². The van der Waals surface area contributed by atoms with E-state index in [0.29, 0.717) is 19.3 Å². The van der Waals surface area contributed by atoms with Crippen LogP contribution in [0.5, 0.6) is 5.88 Å². The van der Waals surface area contributed by atoms with Crippen molar-refractivity contribution in [2.75, 3.05) is 38.3 Å². The van der Waals surface area contributed by atoms with Crippen LogP contribution in [0.25, 0.3) is 11.3 Å². The zero-order valence-electron chi connectivity index (χ0n) is 29.4. The number of hydrogen-bond acceptors (Lipinski definition) is 10. The first-order valence-electron chi connectivity index (χ1n) is 17.4. The Morgan fingerprint density at radius 1 is 1.15 bits per heavy atom. The molecule has 2 aliphatic heterocycles. The van der Waals surface area contributed by atoms with E-state index in [1.807, 2.05) is 6.92 Å². The van der Waals surface area contributed by atoms with Gasteiger partial charge in [0.2, 0.25) is 17.5 Å². The number of methoxy groups -OCH3 is 1. The van der Waals surface area contributed by atoms with Crippen molar-refractivity contribution >= 4 is 23.9 Å². The largest absolute Gasteiger partial charge is 0.481 e. The van der Waals surface area contributed by atoms with Gasteiger partial charge in [0, 0.05) is 42.7 Å². The van der Waals surface area contributed by atoms with E-state index in [1.165, 1.54) is 19.2 Å². The number of unbranched alkanes of at least 4 members (excludes halogenated alkanes) is 1. The lowest BCUT2D eigenvalue weighted by atomic mass is 9.88. The molecule has 5 heterocycles. The number of aromatic nitrogens is 4. The van der Waals surface area contributed by atoms with E-state index in [2.05, 4.69) is 25.5 Å². The van der Waals surface area contributed by atoms with Crippen LogP contribution in [0.2, 0.25) is 0 Å². The fraction of sp³-hybridized carbons (Fsp3) is 0.588. The molecular weight excluding hydrogens is 692 g/mol. The van der Waals surface area contributed by atoms with E-state index in [1.54, 1.807) is 28.5 Å². The van der Waals surface area contributed by atoms with Crippen LogP contribution >= 0.6 is 0 Å². The number of halogens is 4. The van der Waals surface area contributed by atoms with Crippen LogP contribution in [0.15, 0.2) is 22.7 Å². The van der Waals surface area contributed by atoms with E-state index in [0.717, 1.165) is 19.0 Å². The Bertz CT molecular complexity index is 1780. The second-order valence-corrected chi connectivity index (χ2v) is 13.7. The number of aromatic amines is 1. The molecule has 3 atom stereocenters. The third-order valence-corrected chi connectivity index (χ3v) is 9.96. The van der Waals surface area contributed by atoms with Crippen molar-refractivity contribution < 1.29 is 45.8 Å². The minimum absolute atomic E-state index is 0.109. The third kappa shape index (κ3) is 7.51. The van der Waals surface area contributed by atoms with Crippen molar-refractivity contribution in [2.24, 2.45) is 5.92 Å². The van der Waals surface area contributed by atoms with Crippen molar-refractivity contribution in [1.29, 1.82) is 0 Å². The molecule has 0 unspecified atom stereocenters. The fourth-order valence-electron chi connectivity index (χ4n) is 7.14. The molecule has 0 aromatic carbocycles. The summed E-state index contributed by atoms with van der Waals surface area (Å²) in [4.78, 5) is 52.4. The number of piperazine rings is 1. The highest BCUT2D eigenvalue weighted by atomic mass is 19.4. The Hall–Kier alpha value is -4.90. The first kappa shape index (κ1) is 36.9. The minimum Gasteiger partial charge on any atom is -0.481 e. The van der Waals surface area contributed by atoms with E-state index in [4.69, 9.17) is 13.9 Å². The summed E-state index contributed by atoms with van der Waals surface area (Å²) in [5.41, 5.74) is -0.575. The van der Waals surface area contributed by atoms with Gasteiger partial charge in [-0.05, 0) is 52.0 Å². The maximum absolute atomic E-state index is 14.5. The molecule has 3 fully saturated rings. The summed E-state index contributed by atoms with van der Waals surface area (Å²) in [5, 5.41) is 9.42. The first-order valence-corrected chi connectivity index (χ1v) is 17.4. The van der Waals surface area contributed by atoms with Gasteiger partial charge in [-0.25, -0.2) is 14.2 Å². The van der Waals surface area contributed by atoms with E-state index < -0.39 is 65.5 Å². The van der Waals surface area contributed by atoms with Gasteiger partial charge < -0.3 is 29.0 Å². The van der Waals surface area contributed by atoms with Crippen molar-refractivity contribution in [2.45, 2.75) is 89.6 Å². The number of H-pyrrole nitrogens is 1. The molecule has 3 aromatic heterocycles. The minimum atomic E-state index is -4.86. The lowest BCUT2D eigenvalue weighted by molar-refractivity contribution is -0.153. The summed E-state index contributed by atoms with van der Waals surface area (Å²) in [6, 6.07) is 1.80. The molecule has 52 heavy (non-hydrogen) atoms. The predicted molar refractivity (Wildman–Crippen MR) is 177 cm³/mol. The number of alkyl halides is 3. The van der Waals surface area contributed by atoms with Gasteiger partial charge in [0.15, 0.2) is 5.82 Å². The van der Waals surface area contributed by atoms with Crippen LogP contribution in [-0.2, 0) is 22.3 Å². The maximum atomic E-state index is 14.5. The third-order valence-electron chi connectivity index (χ3n) is 9.96. The Kier molecular flexibility index (Phi) is 10.4. The molecule has 2 saturated heterocycles. The molecule has 14 nitrogen and oxygen atoms in total. The summed E-state index contributed by atoms with van der Waals surface area (Å²) >= 11 is 0. The lowest BCUT2D eigenvalue weighted by Crippen LogP contribution is -2.59. The number of piperidine rings is 1. The topological polar surface area (TPSA) is 159 Å². The lowest BCUT2D eigenvalue weighted by Gasteiger charge is -2.43. The summed E-state index contributed by atoms with van der Waals surface area (Å²) < 4.78 is 72.4. The van der Waals surface area contributed by atoms with Gasteiger partial charge in [-0.1, -0.05) is 13.3 Å². The quantitative estimate of drug-likeness (QED) is 0.211. The number of carbonyl (C=O) groups excluding carboxylic acids is 3. The monoisotopic (exact) mass is 734 g/mol. The number of likely N-dealkylation sites (tertiary alicyclic amines) is 1.